The van der Waals surface area contributed by atoms with E-state index in [2.05, 4.69) is 0 Å². The largest absolute Gasteiger partial charge is 0.386 e. The Morgan fingerprint density at radius 2 is 1.85 bits per heavy atom. The molecule has 0 aliphatic carbocycles. The highest BCUT2D eigenvalue weighted by Gasteiger charge is 2.39. The number of morpholine rings is 1. The Morgan fingerprint density at radius 3 is 2.45 bits per heavy atom. The van der Waals surface area contributed by atoms with Crippen molar-refractivity contribution < 1.29 is 18.6 Å². The zero-order chi connectivity index (χ0) is 14.9. The predicted molar refractivity (Wildman–Crippen MR) is 72.5 cm³/mol. The Morgan fingerprint density at radius 1 is 1.25 bits per heavy atom. The Kier molecular flexibility index (Phi) is 4.42. The van der Waals surface area contributed by atoms with Crippen LogP contribution in [0.2, 0.25) is 0 Å². The third-order valence-corrected chi connectivity index (χ3v) is 4.09. The Labute approximate surface area is 118 Å². The van der Waals surface area contributed by atoms with Crippen molar-refractivity contribution in [2.24, 2.45) is 0 Å². The predicted octanol–water partition coefficient (Wildman–Crippen LogP) is 2.42. The first-order valence-electron chi connectivity index (χ1n) is 6.81. The smallest absolute Gasteiger partial charge is 0.134 e. The molecule has 3 nitrogen and oxygen atoms in total. The lowest BCUT2D eigenvalue weighted by atomic mass is 9.87. The second-order valence-corrected chi connectivity index (χ2v) is 5.75. The number of rotatable bonds is 3. The lowest BCUT2D eigenvalue weighted by molar-refractivity contribution is -0.0649. The zero-order valence-corrected chi connectivity index (χ0v) is 12.1. The number of aryl methyl sites for hydroxylation is 1. The van der Waals surface area contributed by atoms with E-state index in [1.54, 1.807) is 20.8 Å². The second-order valence-electron chi connectivity index (χ2n) is 5.75. The van der Waals surface area contributed by atoms with Crippen LogP contribution < -0.4 is 0 Å². The maximum Gasteiger partial charge on any atom is 0.134 e. The summed E-state index contributed by atoms with van der Waals surface area (Å²) < 4.78 is 33.4. The van der Waals surface area contributed by atoms with E-state index in [9.17, 15) is 13.9 Å². The van der Waals surface area contributed by atoms with E-state index in [1.807, 2.05) is 4.90 Å². The minimum Gasteiger partial charge on any atom is -0.386 e. The molecule has 5 heteroatoms. The molecule has 1 heterocycles. The van der Waals surface area contributed by atoms with Crippen LogP contribution in [-0.4, -0.2) is 41.8 Å². The number of hydrogen-bond acceptors (Lipinski definition) is 3. The molecule has 1 saturated heterocycles. The molecule has 1 aliphatic rings. The summed E-state index contributed by atoms with van der Waals surface area (Å²) in [4.78, 5) is 2.00. The van der Waals surface area contributed by atoms with Crippen molar-refractivity contribution in [3.63, 3.8) is 0 Å². The van der Waals surface area contributed by atoms with Crippen molar-refractivity contribution in [2.75, 3.05) is 26.3 Å². The number of ether oxygens (including phenoxy) is 1. The van der Waals surface area contributed by atoms with Crippen LogP contribution in [0.4, 0.5) is 8.78 Å². The van der Waals surface area contributed by atoms with E-state index in [-0.39, 0.29) is 5.56 Å². The zero-order valence-electron chi connectivity index (χ0n) is 12.1. The average Bonchev–Trinajstić information content (AvgIpc) is 2.44. The highest BCUT2D eigenvalue weighted by atomic mass is 19.1. The molecule has 1 fully saturated rings. The highest BCUT2D eigenvalue weighted by Crippen LogP contribution is 2.35. The molecular weight excluding hydrogens is 264 g/mol. The summed E-state index contributed by atoms with van der Waals surface area (Å²) in [6.07, 6.45) is -1.24. The minimum absolute atomic E-state index is 0.249. The van der Waals surface area contributed by atoms with Gasteiger partial charge in [-0.3, -0.25) is 4.90 Å². The van der Waals surface area contributed by atoms with Crippen LogP contribution in [0.1, 0.15) is 31.1 Å². The van der Waals surface area contributed by atoms with Crippen LogP contribution in [0.15, 0.2) is 12.1 Å². The fraction of sp³-hybridized carbons (Fsp3) is 0.600. The topological polar surface area (TPSA) is 32.7 Å². The summed E-state index contributed by atoms with van der Waals surface area (Å²) >= 11 is 0. The first kappa shape index (κ1) is 15.4. The van der Waals surface area contributed by atoms with Gasteiger partial charge in [-0.25, -0.2) is 8.78 Å². The van der Waals surface area contributed by atoms with Gasteiger partial charge in [-0.05, 0) is 32.4 Å². The number of nitrogens with zero attached hydrogens (tertiary/aromatic N) is 1. The van der Waals surface area contributed by atoms with Gasteiger partial charge in [0.1, 0.15) is 17.7 Å². The molecule has 112 valence electrons. The fourth-order valence-corrected chi connectivity index (χ4v) is 2.59. The maximum absolute atomic E-state index is 14.2. The Hall–Kier alpha value is -1.04. The molecule has 1 atom stereocenters. The lowest BCUT2D eigenvalue weighted by Gasteiger charge is -2.44. The summed E-state index contributed by atoms with van der Waals surface area (Å²) in [5.41, 5.74) is -0.682. The molecule has 0 radical (unpaired) electrons. The normalized spacial score (nSPS) is 19.1. The summed E-state index contributed by atoms with van der Waals surface area (Å²) in [6, 6.07) is 2.58. The summed E-state index contributed by atoms with van der Waals surface area (Å²) in [5, 5.41) is 10.5. The van der Waals surface area contributed by atoms with Gasteiger partial charge in [-0.2, -0.15) is 0 Å². The molecule has 0 saturated carbocycles. The van der Waals surface area contributed by atoms with Gasteiger partial charge >= 0.3 is 0 Å². The summed E-state index contributed by atoms with van der Waals surface area (Å²) in [5.74, 6) is -1.37. The lowest BCUT2D eigenvalue weighted by Crippen LogP contribution is -2.53. The molecule has 1 aromatic rings. The Balaban J connectivity index is 2.34. The molecule has 1 aliphatic heterocycles. The van der Waals surface area contributed by atoms with Crippen LogP contribution in [0.5, 0.6) is 0 Å². The third-order valence-electron chi connectivity index (χ3n) is 4.09. The number of hydrogen-bond donors (Lipinski definition) is 1. The highest BCUT2D eigenvalue weighted by molar-refractivity contribution is 5.30. The van der Waals surface area contributed by atoms with Gasteiger partial charge in [0, 0.05) is 18.6 Å². The molecule has 0 aromatic heterocycles. The molecule has 1 unspecified atom stereocenters. The Bertz CT molecular complexity index is 485. The van der Waals surface area contributed by atoms with Gasteiger partial charge < -0.3 is 9.84 Å². The van der Waals surface area contributed by atoms with E-state index in [4.69, 9.17) is 4.74 Å². The van der Waals surface area contributed by atoms with Gasteiger partial charge in [0.25, 0.3) is 0 Å². The third kappa shape index (κ3) is 2.71. The van der Waals surface area contributed by atoms with Gasteiger partial charge in [0.15, 0.2) is 0 Å². The van der Waals surface area contributed by atoms with E-state index in [1.165, 1.54) is 12.1 Å². The molecule has 1 aromatic carbocycles. The van der Waals surface area contributed by atoms with E-state index in [0.717, 1.165) is 0 Å². The number of aliphatic hydroxyl groups is 1. The van der Waals surface area contributed by atoms with Crippen LogP contribution in [-0.2, 0) is 4.74 Å². The molecule has 0 amide bonds. The van der Waals surface area contributed by atoms with Crippen molar-refractivity contribution in [1.82, 2.24) is 4.90 Å². The molecule has 0 bridgehead atoms. The summed E-state index contributed by atoms with van der Waals surface area (Å²) in [6.45, 7) is 7.56. The van der Waals surface area contributed by atoms with Gasteiger partial charge in [0.05, 0.1) is 18.8 Å². The molecule has 2 rings (SSSR count). The monoisotopic (exact) mass is 285 g/mol. The summed E-state index contributed by atoms with van der Waals surface area (Å²) in [7, 11) is 0. The van der Waals surface area contributed by atoms with E-state index < -0.39 is 23.3 Å². The first-order chi connectivity index (χ1) is 9.35. The van der Waals surface area contributed by atoms with E-state index in [0.29, 0.717) is 31.9 Å². The number of halogens is 2. The quantitative estimate of drug-likeness (QED) is 0.926. The first-order valence-corrected chi connectivity index (χ1v) is 6.81. The van der Waals surface area contributed by atoms with Crippen LogP contribution in [0.3, 0.4) is 0 Å². The van der Waals surface area contributed by atoms with Crippen LogP contribution in [0, 0.1) is 18.6 Å². The maximum atomic E-state index is 14.2. The number of aliphatic hydroxyl groups excluding tert-OH is 1. The van der Waals surface area contributed by atoms with Gasteiger partial charge in [0.2, 0.25) is 0 Å². The average molecular weight is 285 g/mol. The van der Waals surface area contributed by atoms with Gasteiger partial charge in [-0.15, -0.1) is 0 Å². The van der Waals surface area contributed by atoms with Gasteiger partial charge in [-0.1, -0.05) is 6.07 Å². The van der Waals surface area contributed by atoms with Crippen molar-refractivity contribution in [3.05, 3.63) is 34.9 Å². The minimum atomic E-state index is -1.24. The molecule has 1 N–H and O–H groups in total. The fourth-order valence-electron chi connectivity index (χ4n) is 2.59. The SMILES string of the molecule is Cc1ccc(F)c(C(O)C(C)(C)N2CCOCC2)c1F. The van der Waals surface area contributed by atoms with Crippen molar-refractivity contribution in [3.8, 4) is 0 Å². The molecule has 0 spiro atoms. The molecule has 20 heavy (non-hydrogen) atoms. The van der Waals surface area contributed by atoms with Crippen molar-refractivity contribution in [2.45, 2.75) is 32.4 Å². The standard InChI is InChI=1S/C15H21F2NO2/c1-10-4-5-11(16)12(13(10)17)14(19)15(2,3)18-6-8-20-9-7-18/h4-5,14,19H,6-9H2,1-3H3. The van der Waals surface area contributed by atoms with Crippen LogP contribution in [0.25, 0.3) is 0 Å². The molecular formula is C15H21F2NO2. The second kappa shape index (κ2) is 5.76. The van der Waals surface area contributed by atoms with Crippen LogP contribution >= 0.6 is 0 Å². The van der Waals surface area contributed by atoms with Crippen molar-refractivity contribution in [1.29, 1.82) is 0 Å². The van der Waals surface area contributed by atoms with Crippen molar-refractivity contribution >= 4 is 0 Å². The number of benzene rings is 1. The van der Waals surface area contributed by atoms with E-state index >= 15 is 0 Å².